The summed E-state index contributed by atoms with van der Waals surface area (Å²) in [6, 6.07) is 1.92. The minimum atomic E-state index is -1.15. The molecule has 5 N–H and O–H groups in total. The lowest BCUT2D eigenvalue weighted by molar-refractivity contribution is -0.142. The third-order valence-electron chi connectivity index (χ3n) is 6.04. The Morgan fingerprint density at radius 2 is 1.71 bits per heavy atom. The summed E-state index contributed by atoms with van der Waals surface area (Å²) in [5.74, 6) is -0.829. The van der Waals surface area contributed by atoms with Crippen molar-refractivity contribution in [2.24, 2.45) is 5.73 Å². The van der Waals surface area contributed by atoms with Gasteiger partial charge in [0.25, 0.3) is 0 Å². The lowest BCUT2D eigenvalue weighted by atomic mass is 10.00. The number of rotatable bonds is 10. The third-order valence-corrected chi connectivity index (χ3v) is 6.04. The first-order chi connectivity index (χ1) is 16.1. The average Bonchev–Trinajstić information content (AvgIpc) is 3.03. The van der Waals surface area contributed by atoms with Gasteiger partial charge in [-0.3, -0.25) is 4.79 Å². The second-order valence-electron chi connectivity index (χ2n) is 8.37. The lowest BCUT2D eigenvalue weighted by Gasteiger charge is -2.15. The van der Waals surface area contributed by atoms with E-state index in [9.17, 15) is 24.3 Å². The molecule has 10 heteroatoms. The number of urea groups is 1. The summed E-state index contributed by atoms with van der Waals surface area (Å²) in [6.07, 6.45) is 1.27. The minimum Gasteiger partial charge on any atom is -0.480 e. The Labute approximate surface area is 195 Å². The fourth-order valence-electron chi connectivity index (χ4n) is 3.96. The van der Waals surface area contributed by atoms with Gasteiger partial charge in [-0.15, -0.1) is 0 Å². The normalized spacial score (nSPS) is 12.1. The fraction of sp³-hybridized carbons (Fsp3) is 0.417. The van der Waals surface area contributed by atoms with Crippen LogP contribution in [-0.4, -0.2) is 35.6 Å². The molecule has 0 fully saturated rings. The number of aliphatic carboxylic acids is 1. The van der Waals surface area contributed by atoms with Crippen LogP contribution < -0.4 is 22.0 Å². The van der Waals surface area contributed by atoms with Crippen molar-refractivity contribution in [2.75, 3.05) is 6.54 Å². The maximum atomic E-state index is 12.6. The predicted molar refractivity (Wildman–Crippen MR) is 126 cm³/mol. The van der Waals surface area contributed by atoms with Gasteiger partial charge in [0.05, 0.1) is 0 Å². The molecule has 0 radical (unpaired) electrons. The van der Waals surface area contributed by atoms with Crippen LogP contribution in [0.5, 0.6) is 0 Å². The molecule has 0 spiro atoms. The van der Waals surface area contributed by atoms with Crippen LogP contribution in [0.15, 0.2) is 25.8 Å². The molecular formula is C24H29N3O7. The van der Waals surface area contributed by atoms with Gasteiger partial charge in [-0.1, -0.05) is 0 Å². The van der Waals surface area contributed by atoms with Crippen LogP contribution in [0.3, 0.4) is 0 Å². The van der Waals surface area contributed by atoms with Crippen LogP contribution in [0.25, 0.3) is 21.9 Å². The van der Waals surface area contributed by atoms with E-state index in [0.717, 1.165) is 27.7 Å². The first-order valence-electron chi connectivity index (χ1n) is 11.1. The topological polar surface area (TPSA) is 165 Å². The summed E-state index contributed by atoms with van der Waals surface area (Å²) >= 11 is 0. The lowest BCUT2D eigenvalue weighted by Crippen LogP contribution is -2.41. The molecule has 34 heavy (non-hydrogen) atoms. The van der Waals surface area contributed by atoms with E-state index in [1.165, 1.54) is 0 Å². The highest BCUT2D eigenvalue weighted by atomic mass is 16.4. The van der Waals surface area contributed by atoms with Crippen molar-refractivity contribution in [1.29, 1.82) is 0 Å². The number of aryl methyl sites for hydroxylation is 3. The number of hydrogen-bond donors (Lipinski definition) is 4. The Morgan fingerprint density at radius 3 is 2.38 bits per heavy atom. The molecular weight excluding hydrogens is 442 g/mol. The minimum absolute atomic E-state index is 0.0593. The van der Waals surface area contributed by atoms with Crippen LogP contribution >= 0.6 is 0 Å². The number of fused-ring (bicyclic) bond motifs is 2. The number of nitrogens with one attached hydrogen (secondary N) is 2. The van der Waals surface area contributed by atoms with Gasteiger partial charge in [0, 0.05) is 35.4 Å². The number of furan rings is 1. The van der Waals surface area contributed by atoms with Gasteiger partial charge in [0.1, 0.15) is 23.0 Å². The van der Waals surface area contributed by atoms with E-state index >= 15 is 0 Å². The number of carbonyl (C=O) groups is 3. The van der Waals surface area contributed by atoms with Crippen LogP contribution in [0.2, 0.25) is 0 Å². The highest BCUT2D eigenvalue weighted by molar-refractivity contribution is 5.96. The molecule has 0 aliphatic carbocycles. The zero-order chi connectivity index (χ0) is 25.0. The van der Waals surface area contributed by atoms with Gasteiger partial charge in [0.2, 0.25) is 5.91 Å². The number of carboxylic acids is 1. The van der Waals surface area contributed by atoms with Gasteiger partial charge in [-0.25, -0.2) is 14.4 Å². The predicted octanol–water partition coefficient (Wildman–Crippen LogP) is 2.81. The third kappa shape index (κ3) is 5.56. The maximum Gasteiger partial charge on any atom is 0.339 e. The molecule has 2 heterocycles. The Balaban J connectivity index is 1.68. The quantitative estimate of drug-likeness (QED) is 0.261. The highest BCUT2D eigenvalue weighted by Crippen LogP contribution is 2.31. The zero-order valence-electron chi connectivity index (χ0n) is 19.4. The highest BCUT2D eigenvalue weighted by Gasteiger charge is 2.21. The molecule has 0 saturated carbocycles. The van der Waals surface area contributed by atoms with Gasteiger partial charge in [-0.2, -0.15) is 0 Å². The molecule has 0 bridgehead atoms. The van der Waals surface area contributed by atoms with E-state index in [0.29, 0.717) is 36.1 Å². The number of hydrogen-bond acceptors (Lipinski definition) is 6. The van der Waals surface area contributed by atoms with Crippen molar-refractivity contribution in [3.8, 4) is 0 Å². The van der Waals surface area contributed by atoms with Gasteiger partial charge < -0.3 is 30.3 Å². The number of benzene rings is 1. The smallest absolute Gasteiger partial charge is 0.339 e. The summed E-state index contributed by atoms with van der Waals surface area (Å²) in [6.45, 7) is 5.97. The van der Waals surface area contributed by atoms with Crippen LogP contribution in [0.1, 0.15) is 48.1 Å². The molecule has 182 valence electrons. The molecule has 1 atom stereocenters. The van der Waals surface area contributed by atoms with Crippen LogP contribution in [0.4, 0.5) is 4.79 Å². The van der Waals surface area contributed by atoms with Crippen LogP contribution in [-0.2, 0) is 16.0 Å². The number of nitrogens with two attached hydrogens (primary N) is 1. The van der Waals surface area contributed by atoms with Crippen molar-refractivity contribution in [3.05, 3.63) is 45.0 Å². The second kappa shape index (κ2) is 10.4. The van der Waals surface area contributed by atoms with E-state index in [2.05, 4.69) is 10.6 Å². The summed E-state index contributed by atoms with van der Waals surface area (Å²) in [5, 5.41) is 16.0. The second-order valence-corrected chi connectivity index (χ2v) is 8.37. The molecule has 2 aromatic heterocycles. The van der Waals surface area contributed by atoms with Crippen molar-refractivity contribution in [3.63, 3.8) is 0 Å². The molecule has 3 amide bonds. The summed E-state index contributed by atoms with van der Waals surface area (Å²) in [5.41, 5.74) is 7.60. The number of carboxylic acid groups (broad SMARTS) is 1. The molecule has 0 unspecified atom stereocenters. The fourth-order valence-corrected chi connectivity index (χ4v) is 3.96. The number of amides is 3. The number of unbranched alkanes of at least 4 members (excludes halogenated alkanes) is 1. The van der Waals surface area contributed by atoms with Crippen molar-refractivity contribution in [1.82, 2.24) is 10.6 Å². The first-order valence-corrected chi connectivity index (χ1v) is 11.1. The summed E-state index contributed by atoms with van der Waals surface area (Å²) in [4.78, 5) is 47.2. The first kappa shape index (κ1) is 24.8. The van der Waals surface area contributed by atoms with Gasteiger partial charge >= 0.3 is 17.6 Å². The van der Waals surface area contributed by atoms with E-state index in [1.807, 2.05) is 19.9 Å². The monoisotopic (exact) mass is 471 g/mol. The SMILES string of the molecule is Cc1oc2cc3oc(=O)c(CCC(=O)N[C@H](CCCCNC(N)=O)C(=O)O)c(C)c3cc2c1C. The van der Waals surface area contributed by atoms with Crippen molar-refractivity contribution in [2.45, 2.75) is 58.9 Å². The molecule has 0 saturated heterocycles. The van der Waals surface area contributed by atoms with E-state index in [1.54, 1.807) is 13.0 Å². The van der Waals surface area contributed by atoms with E-state index in [-0.39, 0.29) is 19.3 Å². The van der Waals surface area contributed by atoms with E-state index < -0.39 is 29.6 Å². The van der Waals surface area contributed by atoms with E-state index in [4.69, 9.17) is 14.6 Å². The zero-order valence-corrected chi connectivity index (χ0v) is 19.4. The standard InChI is InChI=1S/C24H29N3O7/c1-12-14(3)33-19-11-20-17(10-16(12)19)13(2)15(23(31)34-20)7-8-21(28)27-18(22(29)30)6-4-5-9-26-24(25)32/h10-11,18H,4-9H2,1-3H3,(H,27,28)(H,29,30)(H3,25,26,32)/t18-/m1/s1. The molecule has 0 aliphatic heterocycles. The molecule has 0 aliphatic rings. The van der Waals surface area contributed by atoms with Crippen molar-refractivity contribution >= 4 is 39.8 Å². The maximum absolute atomic E-state index is 12.6. The molecule has 10 nitrogen and oxygen atoms in total. The van der Waals surface area contributed by atoms with Gasteiger partial charge in [0.15, 0.2) is 0 Å². The average molecular weight is 472 g/mol. The Hall–Kier alpha value is -3.82. The van der Waals surface area contributed by atoms with Crippen LogP contribution in [0, 0.1) is 20.8 Å². The number of carbonyl (C=O) groups excluding carboxylic acids is 2. The molecule has 3 aromatic rings. The van der Waals surface area contributed by atoms with Gasteiger partial charge in [-0.05, 0) is 63.6 Å². The van der Waals surface area contributed by atoms with Crippen molar-refractivity contribution < 1.29 is 28.3 Å². The Bertz CT molecular complexity index is 1310. The summed E-state index contributed by atoms with van der Waals surface area (Å²) in [7, 11) is 0. The largest absolute Gasteiger partial charge is 0.480 e. The molecule has 1 aromatic carbocycles. The Morgan fingerprint density at radius 1 is 1.03 bits per heavy atom. The summed E-state index contributed by atoms with van der Waals surface area (Å²) < 4.78 is 11.2. The molecule has 3 rings (SSSR count). The number of primary amides is 1. The Kier molecular flexibility index (Phi) is 7.60.